The summed E-state index contributed by atoms with van der Waals surface area (Å²) in [6, 6.07) is -1.84. The summed E-state index contributed by atoms with van der Waals surface area (Å²) in [4.78, 5) is 33.4. The third kappa shape index (κ3) is 3.50. The van der Waals surface area contributed by atoms with Crippen LogP contribution in [0, 0.1) is 0 Å². The molecule has 0 saturated carbocycles. The molecule has 0 spiro atoms. The summed E-state index contributed by atoms with van der Waals surface area (Å²) in [5, 5.41) is 13.7. The van der Waals surface area contributed by atoms with Crippen LogP contribution < -0.4 is 16.4 Å². The van der Waals surface area contributed by atoms with Crippen molar-refractivity contribution >= 4 is 17.8 Å². The Kier molecular flexibility index (Phi) is 4.24. The fraction of sp³-hybridized carbons (Fsp3) is 0.667. The molecule has 1 saturated heterocycles. The summed E-state index contributed by atoms with van der Waals surface area (Å²) in [5.41, 5.74) is 5.52. The average Bonchev–Trinajstić information content (AvgIpc) is 2.22. The molecular formula is C9H15N3O4. The number of hydrogen-bond donors (Lipinski definition) is 4. The van der Waals surface area contributed by atoms with E-state index in [0.29, 0.717) is 13.0 Å². The highest BCUT2D eigenvalue weighted by molar-refractivity contribution is 5.87. The number of nitrogens with two attached hydrogens (primary N) is 1. The van der Waals surface area contributed by atoms with Gasteiger partial charge in [-0.2, -0.15) is 0 Å². The van der Waals surface area contributed by atoms with Crippen molar-refractivity contribution in [1.29, 1.82) is 0 Å². The lowest BCUT2D eigenvalue weighted by atomic mass is 10.1. The first kappa shape index (κ1) is 12.4. The number of carbonyl (C=O) groups is 3. The molecule has 1 heterocycles. The highest BCUT2D eigenvalue weighted by Crippen LogP contribution is 2.01. The first-order valence-corrected chi connectivity index (χ1v) is 5.06. The molecule has 90 valence electrons. The Morgan fingerprint density at radius 1 is 1.38 bits per heavy atom. The van der Waals surface area contributed by atoms with Crippen molar-refractivity contribution < 1.29 is 19.5 Å². The van der Waals surface area contributed by atoms with Gasteiger partial charge in [0.25, 0.3) is 0 Å². The second-order valence-electron chi connectivity index (χ2n) is 3.68. The van der Waals surface area contributed by atoms with Gasteiger partial charge in [-0.3, -0.25) is 9.59 Å². The lowest BCUT2D eigenvalue weighted by Crippen LogP contribution is -2.50. The Hall–Kier alpha value is -1.63. The third-order valence-electron chi connectivity index (χ3n) is 2.39. The van der Waals surface area contributed by atoms with Crippen molar-refractivity contribution in [3.8, 4) is 0 Å². The average molecular weight is 229 g/mol. The van der Waals surface area contributed by atoms with Gasteiger partial charge in [0.1, 0.15) is 6.04 Å². The minimum Gasteiger partial charge on any atom is -0.480 e. The molecule has 0 aromatic rings. The van der Waals surface area contributed by atoms with E-state index in [9.17, 15) is 14.4 Å². The van der Waals surface area contributed by atoms with E-state index in [-0.39, 0.29) is 18.7 Å². The molecule has 1 rings (SSSR count). The first-order valence-electron chi connectivity index (χ1n) is 5.06. The number of rotatable bonds is 1. The Bertz CT molecular complexity index is 305. The number of carboxylic acid groups (broad SMARTS) is 1. The molecule has 2 atom stereocenters. The van der Waals surface area contributed by atoms with Gasteiger partial charge in [-0.25, -0.2) is 4.79 Å². The van der Waals surface area contributed by atoms with Gasteiger partial charge in [-0.05, 0) is 12.8 Å². The van der Waals surface area contributed by atoms with Gasteiger partial charge in [0.2, 0.25) is 11.8 Å². The number of aliphatic carboxylic acids is 1. The number of carbonyl (C=O) groups excluding carboxylic acids is 2. The fourth-order valence-electron chi connectivity index (χ4n) is 1.40. The summed E-state index contributed by atoms with van der Waals surface area (Å²) >= 11 is 0. The Morgan fingerprint density at radius 3 is 2.69 bits per heavy atom. The largest absolute Gasteiger partial charge is 0.480 e. The maximum Gasteiger partial charge on any atom is 0.326 e. The van der Waals surface area contributed by atoms with Crippen molar-refractivity contribution in [1.82, 2.24) is 10.6 Å². The molecule has 2 unspecified atom stereocenters. The van der Waals surface area contributed by atoms with E-state index in [1.165, 1.54) is 0 Å². The summed E-state index contributed by atoms with van der Waals surface area (Å²) in [6.45, 7) is 0.325. The minimum absolute atomic E-state index is 0.0691. The van der Waals surface area contributed by atoms with E-state index < -0.39 is 24.0 Å². The number of hydrogen-bond acceptors (Lipinski definition) is 4. The van der Waals surface area contributed by atoms with Crippen molar-refractivity contribution in [3.63, 3.8) is 0 Å². The minimum atomic E-state index is -1.16. The number of amides is 2. The van der Waals surface area contributed by atoms with Crippen LogP contribution in [0.1, 0.15) is 19.3 Å². The second kappa shape index (κ2) is 5.45. The SMILES string of the molecule is NC1CCNC(=O)CCC(C(=O)O)NC1=O. The van der Waals surface area contributed by atoms with Crippen LogP contribution in [0.15, 0.2) is 0 Å². The highest BCUT2D eigenvalue weighted by Gasteiger charge is 2.25. The zero-order chi connectivity index (χ0) is 12.1. The van der Waals surface area contributed by atoms with Gasteiger partial charge in [0.15, 0.2) is 0 Å². The van der Waals surface area contributed by atoms with Gasteiger partial charge < -0.3 is 21.5 Å². The molecule has 0 aliphatic carbocycles. The van der Waals surface area contributed by atoms with Crippen LogP contribution in [0.5, 0.6) is 0 Å². The van der Waals surface area contributed by atoms with Gasteiger partial charge in [-0.1, -0.05) is 0 Å². The van der Waals surface area contributed by atoms with E-state index in [1.54, 1.807) is 0 Å². The Labute approximate surface area is 92.4 Å². The van der Waals surface area contributed by atoms with Crippen LogP contribution in [0.25, 0.3) is 0 Å². The van der Waals surface area contributed by atoms with Crippen LogP contribution in [0.3, 0.4) is 0 Å². The molecule has 1 fully saturated rings. The molecule has 7 heteroatoms. The smallest absolute Gasteiger partial charge is 0.326 e. The predicted octanol–water partition coefficient (Wildman–Crippen LogP) is -1.82. The third-order valence-corrected chi connectivity index (χ3v) is 2.39. The fourth-order valence-corrected chi connectivity index (χ4v) is 1.40. The predicted molar refractivity (Wildman–Crippen MR) is 54.4 cm³/mol. The Balaban J connectivity index is 2.69. The first-order chi connectivity index (χ1) is 7.50. The Morgan fingerprint density at radius 2 is 2.06 bits per heavy atom. The summed E-state index contributed by atoms with van der Waals surface area (Å²) in [7, 11) is 0. The number of carboxylic acids is 1. The molecule has 0 aromatic heterocycles. The molecule has 2 amide bonds. The summed E-state index contributed by atoms with van der Waals surface area (Å²) < 4.78 is 0. The van der Waals surface area contributed by atoms with Gasteiger partial charge in [-0.15, -0.1) is 0 Å². The number of nitrogens with one attached hydrogen (secondary N) is 2. The van der Waals surface area contributed by atoms with Crippen molar-refractivity contribution in [2.45, 2.75) is 31.3 Å². The van der Waals surface area contributed by atoms with Crippen LogP contribution >= 0.6 is 0 Å². The molecule has 1 aliphatic rings. The van der Waals surface area contributed by atoms with Crippen LogP contribution in [0.2, 0.25) is 0 Å². The van der Waals surface area contributed by atoms with E-state index in [1.807, 2.05) is 0 Å². The van der Waals surface area contributed by atoms with Crippen molar-refractivity contribution in [2.24, 2.45) is 5.73 Å². The molecule has 0 radical (unpaired) electrons. The van der Waals surface area contributed by atoms with Gasteiger partial charge in [0.05, 0.1) is 6.04 Å². The summed E-state index contributed by atoms with van der Waals surface area (Å²) in [5.74, 6) is -1.88. The molecule has 0 bridgehead atoms. The van der Waals surface area contributed by atoms with Crippen LogP contribution in [-0.4, -0.2) is 41.5 Å². The van der Waals surface area contributed by atoms with Gasteiger partial charge >= 0.3 is 5.97 Å². The zero-order valence-corrected chi connectivity index (χ0v) is 8.73. The standard InChI is InChI=1S/C9H15N3O4/c10-5-3-4-11-7(13)2-1-6(9(15)16)12-8(5)14/h5-6H,1-4,10H2,(H,11,13)(H,12,14)(H,15,16). The van der Waals surface area contributed by atoms with Crippen molar-refractivity contribution in [2.75, 3.05) is 6.54 Å². The van der Waals surface area contributed by atoms with Crippen molar-refractivity contribution in [3.05, 3.63) is 0 Å². The topological polar surface area (TPSA) is 122 Å². The second-order valence-corrected chi connectivity index (χ2v) is 3.68. The lowest BCUT2D eigenvalue weighted by Gasteiger charge is -2.19. The van der Waals surface area contributed by atoms with E-state index in [0.717, 1.165) is 0 Å². The molecule has 7 nitrogen and oxygen atoms in total. The molecule has 5 N–H and O–H groups in total. The zero-order valence-electron chi connectivity index (χ0n) is 8.73. The monoisotopic (exact) mass is 229 g/mol. The molecular weight excluding hydrogens is 214 g/mol. The lowest BCUT2D eigenvalue weighted by molar-refractivity contribution is -0.142. The quantitative estimate of drug-likeness (QED) is 0.422. The molecule has 16 heavy (non-hydrogen) atoms. The van der Waals surface area contributed by atoms with Crippen LogP contribution in [-0.2, 0) is 14.4 Å². The highest BCUT2D eigenvalue weighted by atomic mass is 16.4. The van der Waals surface area contributed by atoms with Gasteiger partial charge in [0, 0.05) is 13.0 Å². The van der Waals surface area contributed by atoms with E-state index in [2.05, 4.69) is 10.6 Å². The van der Waals surface area contributed by atoms with Crippen LogP contribution in [0.4, 0.5) is 0 Å². The maximum atomic E-state index is 11.4. The normalized spacial score (nSPS) is 27.8. The van der Waals surface area contributed by atoms with E-state index in [4.69, 9.17) is 10.8 Å². The maximum absolute atomic E-state index is 11.4. The molecule has 1 aliphatic heterocycles. The van der Waals surface area contributed by atoms with E-state index >= 15 is 0 Å². The molecule has 0 aromatic carbocycles. The summed E-state index contributed by atoms with van der Waals surface area (Å²) in [6.07, 6.45) is 0.440.